The monoisotopic (exact) mass is 261 g/mol. The molecule has 3 rings (SSSR count). The molecule has 1 fully saturated rings. The summed E-state index contributed by atoms with van der Waals surface area (Å²) in [4.78, 5) is 1.48. The van der Waals surface area contributed by atoms with E-state index in [1.165, 1.54) is 49.0 Å². The van der Waals surface area contributed by atoms with Gasteiger partial charge in [-0.25, -0.2) is 0 Å². The van der Waals surface area contributed by atoms with Crippen molar-refractivity contribution in [3.63, 3.8) is 0 Å². The van der Waals surface area contributed by atoms with E-state index in [1.54, 1.807) is 0 Å². The maximum Gasteiger partial charge on any atom is 0.0167 e. The molecule has 2 heteroatoms. The van der Waals surface area contributed by atoms with Gasteiger partial charge in [0.05, 0.1) is 0 Å². The number of nitrogens with two attached hydrogens (primary N) is 1. The van der Waals surface area contributed by atoms with Crippen LogP contribution in [0.1, 0.15) is 44.6 Å². The van der Waals surface area contributed by atoms with Crippen LogP contribution >= 0.6 is 11.8 Å². The van der Waals surface area contributed by atoms with Gasteiger partial charge in [0.2, 0.25) is 0 Å². The smallest absolute Gasteiger partial charge is 0.0167 e. The van der Waals surface area contributed by atoms with Crippen molar-refractivity contribution in [3.05, 3.63) is 29.8 Å². The SMILES string of the molecule is CCC1CCC(N)(CC2Cc3ccccc3S2)C1. The lowest BCUT2D eigenvalue weighted by Gasteiger charge is -2.27. The highest BCUT2D eigenvalue weighted by molar-refractivity contribution is 8.00. The lowest BCUT2D eigenvalue weighted by Crippen LogP contribution is -2.39. The average molecular weight is 261 g/mol. The van der Waals surface area contributed by atoms with Gasteiger partial charge in [-0.15, -0.1) is 11.8 Å². The summed E-state index contributed by atoms with van der Waals surface area (Å²) in [5, 5.41) is 0.711. The Balaban J connectivity index is 1.63. The minimum absolute atomic E-state index is 0.125. The highest BCUT2D eigenvalue weighted by Gasteiger charge is 2.38. The van der Waals surface area contributed by atoms with Crippen LogP contribution in [0.15, 0.2) is 29.2 Å². The molecular weight excluding hydrogens is 238 g/mol. The van der Waals surface area contributed by atoms with Crippen LogP contribution in [-0.4, -0.2) is 10.8 Å². The number of benzene rings is 1. The molecule has 0 spiro atoms. The van der Waals surface area contributed by atoms with Crippen molar-refractivity contribution in [3.8, 4) is 0 Å². The first-order valence-corrected chi connectivity index (χ1v) is 8.10. The molecule has 0 radical (unpaired) electrons. The number of fused-ring (bicyclic) bond motifs is 1. The van der Waals surface area contributed by atoms with Crippen molar-refractivity contribution in [1.29, 1.82) is 0 Å². The Morgan fingerprint density at radius 2 is 2.22 bits per heavy atom. The van der Waals surface area contributed by atoms with Gasteiger partial charge in [-0.3, -0.25) is 0 Å². The molecule has 98 valence electrons. The molecule has 3 unspecified atom stereocenters. The van der Waals surface area contributed by atoms with Gasteiger partial charge in [0.1, 0.15) is 0 Å². The maximum absolute atomic E-state index is 6.63. The predicted octanol–water partition coefficient (Wildman–Crippen LogP) is 4.00. The van der Waals surface area contributed by atoms with Crippen LogP contribution in [0.4, 0.5) is 0 Å². The minimum atomic E-state index is 0.125. The van der Waals surface area contributed by atoms with Crippen LogP contribution in [0.2, 0.25) is 0 Å². The van der Waals surface area contributed by atoms with Crippen LogP contribution in [0.3, 0.4) is 0 Å². The molecule has 2 aliphatic rings. The van der Waals surface area contributed by atoms with Crippen LogP contribution in [-0.2, 0) is 6.42 Å². The molecule has 1 aromatic rings. The fourth-order valence-electron chi connectivity index (χ4n) is 3.63. The summed E-state index contributed by atoms with van der Waals surface area (Å²) in [6.45, 7) is 2.30. The van der Waals surface area contributed by atoms with Gasteiger partial charge < -0.3 is 5.73 Å². The predicted molar refractivity (Wildman–Crippen MR) is 79.0 cm³/mol. The molecule has 0 aromatic heterocycles. The van der Waals surface area contributed by atoms with E-state index in [2.05, 4.69) is 43.0 Å². The van der Waals surface area contributed by atoms with Crippen molar-refractivity contribution < 1.29 is 0 Å². The van der Waals surface area contributed by atoms with Crippen molar-refractivity contribution in [1.82, 2.24) is 0 Å². The maximum atomic E-state index is 6.63. The number of thioether (sulfide) groups is 1. The van der Waals surface area contributed by atoms with Crippen LogP contribution < -0.4 is 5.73 Å². The molecule has 3 atom stereocenters. The van der Waals surface area contributed by atoms with E-state index >= 15 is 0 Å². The van der Waals surface area contributed by atoms with Gasteiger partial charge in [-0.1, -0.05) is 31.5 Å². The zero-order valence-electron chi connectivity index (χ0n) is 11.2. The fraction of sp³-hybridized carbons (Fsp3) is 0.625. The molecule has 1 heterocycles. The summed E-state index contributed by atoms with van der Waals surface area (Å²) in [7, 11) is 0. The standard InChI is InChI=1S/C16H23NS/c1-2-12-7-8-16(17,10-12)11-14-9-13-5-3-4-6-15(13)18-14/h3-6,12,14H,2,7-11,17H2,1H3. The quantitative estimate of drug-likeness (QED) is 0.890. The largest absolute Gasteiger partial charge is 0.325 e. The highest BCUT2D eigenvalue weighted by atomic mass is 32.2. The first-order valence-electron chi connectivity index (χ1n) is 7.22. The van der Waals surface area contributed by atoms with Gasteiger partial charge in [-0.05, 0) is 49.7 Å². The topological polar surface area (TPSA) is 26.0 Å². The van der Waals surface area contributed by atoms with Gasteiger partial charge in [0.15, 0.2) is 0 Å². The second-order valence-corrected chi connectivity index (χ2v) is 7.48. The van der Waals surface area contributed by atoms with E-state index in [0.717, 1.165) is 5.92 Å². The molecule has 1 aromatic carbocycles. The molecule has 1 aliphatic carbocycles. The lowest BCUT2D eigenvalue weighted by molar-refractivity contribution is 0.378. The summed E-state index contributed by atoms with van der Waals surface area (Å²) >= 11 is 2.05. The Hall–Kier alpha value is -0.470. The average Bonchev–Trinajstić information content (AvgIpc) is 2.92. The molecule has 2 N–H and O–H groups in total. The minimum Gasteiger partial charge on any atom is -0.325 e. The third kappa shape index (κ3) is 2.46. The molecule has 0 amide bonds. The fourth-order valence-corrected chi connectivity index (χ4v) is 5.12. The van der Waals surface area contributed by atoms with Crippen molar-refractivity contribution >= 4 is 11.8 Å². The molecule has 0 bridgehead atoms. The zero-order chi connectivity index (χ0) is 12.6. The van der Waals surface area contributed by atoms with Crippen LogP contribution in [0.5, 0.6) is 0 Å². The third-order valence-corrected chi connectivity index (χ3v) is 5.99. The molecule has 18 heavy (non-hydrogen) atoms. The summed E-state index contributed by atoms with van der Waals surface area (Å²) in [5.74, 6) is 0.878. The Kier molecular flexibility index (Phi) is 3.42. The van der Waals surface area contributed by atoms with Crippen LogP contribution in [0, 0.1) is 5.92 Å². The van der Waals surface area contributed by atoms with Gasteiger partial charge in [-0.2, -0.15) is 0 Å². The van der Waals surface area contributed by atoms with E-state index in [9.17, 15) is 0 Å². The second-order valence-electron chi connectivity index (χ2n) is 6.14. The molecule has 0 saturated heterocycles. The van der Waals surface area contributed by atoms with E-state index in [-0.39, 0.29) is 5.54 Å². The van der Waals surface area contributed by atoms with E-state index in [4.69, 9.17) is 5.73 Å². The Bertz CT molecular complexity index is 406. The molecule has 1 saturated carbocycles. The normalized spacial score (nSPS) is 34.8. The van der Waals surface area contributed by atoms with E-state index in [0.29, 0.717) is 5.25 Å². The number of rotatable bonds is 3. The van der Waals surface area contributed by atoms with Crippen molar-refractivity contribution in [2.45, 2.75) is 61.1 Å². The molecule has 1 aliphatic heterocycles. The van der Waals surface area contributed by atoms with Crippen LogP contribution in [0.25, 0.3) is 0 Å². The Labute approximate surface area is 115 Å². The highest BCUT2D eigenvalue weighted by Crippen LogP contribution is 2.44. The first-order chi connectivity index (χ1) is 8.68. The van der Waals surface area contributed by atoms with Gasteiger partial charge >= 0.3 is 0 Å². The first kappa shape index (κ1) is 12.6. The third-order valence-electron chi connectivity index (χ3n) is 4.67. The summed E-state index contributed by atoms with van der Waals surface area (Å²) < 4.78 is 0. The lowest BCUT2D eigenvalue weighted by atomic mass is 9.89. The summed E-state index contributed by atoms with van der Waals surface area (Å²) in [5.41, 5.74) is 8.28. The van der Waals surface area contributed by atoms with Gasteiger partial charge in [0.25, 0.3) is 0 Å². The van der Waals surface area contributed by atoms with Crippen molar-refractivity contribution in [2.75, 3.05) is 0 Å². The second kappa shape index (κ2) is 4.90. The summed E-state index contributed by atoms with van der Waals surface area (Å²) in [6, 6.07) is 8.83. The molecule has 1 nitrogen and oxygen atoms in total. The Morgan fingerprint density at radius 1 is 1.39 bits per heavy atom. The number of hydrogen-bond donors (Lipinski definition) is 1. The van der Waals surface area contributed by atoms with Gasteiger partial charge in [0, 0.05) is 15.7 Å². The van der Waals surface area contributed by atoms with E-state index in [1.807, 2.05) is 0 Å². The number of hydrogen-bond acceptors (Lipinski definition) is 2. The zero-order valence-corrected chi connectivity index (χ0v) is 12.0. The summed E-state index contributed by atoms with van der Waals surface area (Å²) in [6.07, 6.45) is 7.55. The van der Waals surface area contributed by atoms with E-state index < -0.39 is 0 Å². The molecular formula is C16H23NS. The Morgan fingerprint density at radius 3 is 2.94 bits per heavy atom. The van der Waals surface area contributed by atoms with Crippen molar-refractivity contribution in [2.24, 2.45) is 11.7 Å².